The average molecular weight is 433 g/mol. The van der Waals surface area contributed by atoms with E-state index >= 15 is 0 Å². The highest BCUT2D eigenvalue weighted by Gasteiger charge is 2.48. The van der Waals surface area contributed by atoms with Crippen molar-refractivity contribution >= 4 is 23.0 Å². The number of rotatable bonds is 5. The molecule has 4 aromatic rings. The summed E-state index contributed by atoms with van der Waals surface area (Å²) >= 11 is 0. The SMILES string of the molecule is CC(C)Oc1nc2nc(C34CCC(C3)OC4)cn2cc1C(=O)Nc1cnn2cccnc12. The number of imidazole rings is 1. The molecule has 164 valence electrons. The number of aromatic nitrogens is 6. The summed E-state index contributed by atoms with van der Waals surface area (Å²) in [6.07, 6.45) is 12.0. The largest absolute Gasteiger partial charge is 0.474 e. The van der Waals surface area contributed by atoms with Gasteiger partial charge in [-0.3, -0.25) is 9.20 Å². The van der Waals surface area contributed by atoms with Crippen LogP contribution >= 0.6 is 0 Å². The number of hydrogen-bond donors (Lipinski definition) is 1. The van der Waals surface area contributed by atoms with Gasteiger partial charge in [-0.05, 0) is 39.2 Å². The van der Waals surface area contributed by atoms with Crippen molar-refractivity contribution in [2.45, 2.75) is 50.7 Å². The summed E-state index contributed by atoms with van der Waals surface area (Å²) in [4.78, 5) is 26.9. The van der Waals surface area contributed by atoms with E-state index in [2.05, 4.69) is 20.4 Å². The fraction of sp³-hybridized carbons (Fsp3) is 0.409. The van der Waals surface area contributed by atoms with E-state index in [-0.39, 0.29) is 23.3 Å². The minimum Gasteiger partial charge on any atom is -0.474 e. The number of nitrogens with zero attached hydrogens (tertiary/aromatic N) is 6. The van der Waals surface area contributed by atoms with Crippen LogP contribution in [0.2, 0.25) is 0 Å². The molecule has 1 N–H and O–H groups in total. The second kappa shape index (κ2) is 6.99. The average Bonchev–Trinajstić information content (AvgIpc) is 3.56. The molecule has 0 radical (unpaired) electrons. The number of amides is 1. The first kappa shape index (κ1) is 19.2. The summed E-state index contributed by atoms with van der Waals surface area (Å²) < 4.78 is 15.2. The second-order valence-electron chi connectivity index (χ2n) is 8.82. The van der Waals surface area contributed by atoms with E-state index in [0.29, 0.717) is 35.4 Å². The molecule has 2 unspecified atom stereocenters. The van der Waals surface area contributed by atoms with Crippen LogP contribution in [0.25, 0.3) is 11.4 Å². The smallest absolute Gasteiger partial charge is 0.262 e. The summed E-state index contributed by atoms with van der Waals surface area (Å²) in [5.41, 5.74) is 2.29. The van der Waals surface area contributed by atoms with Crippen LogP contribution in [0.5, 0.6) is 5.88 Å². The third-order valence-corrected chi connectivity index (χ3v) is 6.23. The maximum absolute atomic E-state index is 13.2. The Balaban J connectivity index is 1.39. The van der Waals surface area contributed by atoms with Crippen LogP contribution in [0.3, 0.4) is 0 Å². The number of carbonyl (C=O) groups excluding carboxylic acids is 1. The molecular formula is C22H23N7O3. The highest BCUT2D eigenvalue weighted by molar-refractivity contribution is 6.07. The second-order valence-corrected chi connectivity index (χ2v) is 8.82. The minimum absolute atomic E-state index is 0.0530. The molecule has 1 aliphatic carbocycles. The van der Waals surface area contributed by atoms with Crippen molar-refractivity contribution in [1.29, 1.82) is 0 Å². The van der Waals surface area contributed by atoms with Crippen molar-refractivity contribution < 1.29 is 14.3 Å². The van der Waals surface area contributed by atoms with Crippen LogP contribution < -0.4 is 10.1 Å². The monoisotopic (exact) mass is 433 g/mol. The van der Waals surface area contributed by atoms with E-state index in [1.807, 2.05) is 20.0 Å². The quantitative estimate of drug-likeness (QED) is 0.515. The zero-order chi connectivity index (χ0) is 21.9. The Bertz CT molecular complexity index is 1330. The van der Waals surface area contributed by atoms with Gasteiger partial charge in [0.05, 0.1) is 30.7 Å². The van der Waals surface area contributed by atoms with Gasteiger partial charge >= 0.3 is 0 Å². The molecule has 2 fully saturated rings. The number of ether oxygens (including phenoxy) is 2. The Morgan fingerprint density at radius 3 is 3.00 bits per heavy atom. The van der Waals surface area contributed by atoms with Gasteiger partial charge in [0.2, 0.25) is 11.7 Å². The van der Waals surface area contributed by atoms with E-state index in [4.69, 9.17) is 14.5 Å². The van der Waals surface area contributed by atoms with E-state index in [9.17, 15) is 4.79 Å². The molecule has 2 bridgehead atoms. The van der Waals surface area contributed by atoms with Gasteiger partial charge in [0.1, 0.15) is 11.3 Å². The predicted molar refractivity (Wildman–Crippen MR) is 115 cm³/mol. The molecule has 4 aromatic heterocycles. The van der Waals surface area contributed by atoms with Crippen LogP contribution in [0.15, 0.2) is 37.1 Å². The van der Waals surface area contributed by atoms with Crippen molar-refractivity contribution in [2.75, 3.05) is 11.9 Å². The molecule has 1 saturated heterocycles. The number of nitrogens with one attached hydrogen (secondary N) is 1. The van der Waals surface area contributed by atoms with Crippen molar-refractivity contribution in [1.82, 2.24) is 29.0 Å². The van der Waals surface area contributed by atoms with Gasteiger partial charge in [0, 0.05) is 30.2 Å². The van der Waals surface area contributed by atoms with Crippen molar-refractivity contribution in [3.8, 4) is 5.88 Å². The van der Waals surface area contributed by atoms with E-state index in [0.717, 1.165) is 25.0 Å². The lowest BCUT2D eigenvalue weighted by Gasteiger charge is -2.22. The normalized spacial score (nSPS) is 22.3. The number of anilines is 1. The summed E-state index contributed by atoms with van der Waals surface area (Å²) in [6.45, 7) is 4.48. The van der Waals surface area contributed by atoms with Gasteiger partial charge in [-0.15, -0.1) is 0 Å². The first-order valence-corrected chi connectivity index (χ1v) is 10.8. The van der Waals surface area contributed by atoms with Crippen molar-refractivity contribution in [2.24, 2.45) is 0 Å². The van der Waals surface area contributed by atoms with E-state index in [1.165, 1.54) is 0 Å². The highest BCUT2D eigenvalue weighted by atomic mass is 16.5. The molecule has 0 aromatic carbocycles. The van der Waals surface area contributed by atoms with Crippen LogP contribution in [0.4, 0.5) is 5.69 Å². The summed E-state index contributed by atoms with van der Waals surface area (Å²) in [5.74, 6) is 0.403. The predicted octanol–water partition coefficient (Wildman–Crippen LogP) is 2.63. The molecule has 1 amide bonds. The lowest BCUT2D eigenvalue weighted by atomic mass is 9.85. The molecule has 2 atom stereocenters. The van der Waals surface area contributed by atoms with Gasteiger partial charge < -0.3 is 14.8 Å². The van der Waals surface area contributed by atoms with Crippen molar-refractivity contribution in [3.63, 3.8) is 0 Å². The van der Waals surface area contributed by atoms with Gasteiger partial charge in [-0.2, -0.15) is 10.1 Å². The van der Waals surface area contributed by atoms with Gasteiger partial charge in [-0.1, -0.05) is 0 Å². The number of carbonyl (C=O) groups is 1. The van der Waals surface area contributed by atoms with Gasteiger partial charge in [-0.25, -0.2) is 14.5 Å². The summed E-state index contributed by atoms with van der Waals surface area (Å²) in [7, 11) is 0. The van der Waals surface area contributed by atoms with Crippen LogP contribution in [-0.2, 0) is 10.2 Å². The van der Waals surface area contributed by atoms with Gasteiger partial charge in [0.25, 0.3) is 5.91 Å². The first-order chi connectivity index (χ1) is 15.5. The molecule has 1 saturated carbocycles. The molecule has 6 rings (SSSR count). The minimum atomic E-state index is -0.353. The number of fused-ring (bicyclic) bond motifs is 4. The Labute approximate surface area is 183 Å². The fourth-order valence-electron chi connectivity index (χ4n) is 4.67. The molecule has 10 nitrogen and oxygen atoms in total. The fourth-order valence-corrected chi connectivity index (χ4v) is 4.67. The zero-order valence-corrected chi connectivity index (χ0v) is 17.9. The lowest BCUT2D eigenvalue weighted by Crippen LogP contribution is -2.25. The first-order valence-electron chi connectivity index (χ1n) is 10.8. The Morgan fingerprint density at radius 2 is 2.25 bits per heavy atom. The van der Waals surface area contributed by atoms with Crippen LogP contribution in [-0.4, -0.2) is 53.7 Å². The van der Waals surface area contributed by atoms with Crippen LogP contribution in [0.1, 0.15) is 49.2 Å². The molecule has 2 aliphatic rings. The number of hydrogen-bond acceptors (Lipinski definition) is 7. The van der Waals surface area contributed by atoms with E-state index < -0.39 is 0 Å². The standard InChI is InChI=1S/C22H23N7O3/c1-13(2)32-20-15(19(30)25-16-9-24-29-7-3-6-23-18(16)29)10-28-11-17(26-21(28)27-20)22-5-4-14(8-22)31-12-22/h3,6-7,9-11,13-14H,4-5,8,12H2,1-2H3,(H,25,30). The Morgan fingerprint density at radius 1 is 1.34 bits per heavy atom. The van der Waals surface area contributed by atoms with Crippen LogP contribution in [0, 0.1) is 0 Å². The Hall–Kier alpha value is -3.53. The Kier molecular flexibility index (Phi) is 4.19. The lowest BCUT2D eigenvalue weighted by molar-refractivity contribution is 0.0692. The molecular weight excluding hydrogens is 410 g/mol. The summed E-state index contributed by atoms with van der Waals surface area (Å²) in [6, 6.07) is 1.77. The molecule has 5 heterocycles. The molecule has 1 aliphatic heterocycles. The third-order valence-electron chi connectivity index (χ3n) is 6.23. The zero-order valence-electron chi connectivity index (χ0n) is 17.9. The van der Waals surface area contributed by atoms with E-state index in [1.54, 1.807) is 39.8 Å². The highest BCUT2D eigenvalue weighted by Crippen LogP contribution is 2.47. The summed E-state index contributed by atoms with van der Waals surface area (Å²) in [5, 5.41) is 7.11. The molecule has 10 heteroatoms. The van der Waals surface area contributed by atoms with Crippen molar-refractivity contribution in [3.05, 3.63) is 48.3 Å². The maximum atomic E-state index is 13.2. The molecule has 32 heavy (non-hydrogen) atoms. The molecule has 0 spiro atoms. The van der Waals surface area contributed by atoms with Gasteiger partial charge in [0.15, 0.2) is 5.65 Å². The third kappa shape index (κ3) is 3.01. The topological polar surface area (TPSA) is 108 Å². The maximum Gasteiger partial charge on any atom is 0.262 e.